The first kappa shape index (κ1) is 31.5. The fourth-order valence-corrected chi connectivity index (χ4v) is 7.87. The van der Waals surface area contributed by atoms with Gasteiger partial charge in [-0.15, -0.1) is 0 Å². The Kier molecular flexibility index (Phi) is 8.05. The summed E-state index contributed by atoms with van der Waals surface area (Å²) in [6.45, 7) is 3.16. The second kappa shape index (κ2) is 12.5. The molecule has 4 heterocycles. The Bertz CT molecular complexity index is 2230. The SMILES string of the molecule is CCOc1ccccc1C1(OC(=O)N2CCN(c3ncccn3)CC2)C(=O)N(S(=O)(=O)c2cccc3cccnc23)c2ccc(C#N)cc21. The number of nitriles is 1. The average Bonchev–Trinajstić information content (AvgIpc) is 3.39. The van der Waals surface area contributed by atoms with Crippen LogP contribution in [0.5, 0.6) is 5.75 Å². The van der Waals surface area contributed by atoms with Crippen LogP contribution in [-0.4, -0.2) is 73.1 Å². The van der Waals surface area contributed by atoms with Gasteiger partial charge in [-0.1, -0.05) is 36.4 Å². The molecule has 5 aromatic rings. The molecule has 246 valence electrons. The third-order valence-corrected chi connectivity index (χ3v) is 10.2. The maximum absolute atomic E-state index is 15.1. The van der Waals surface area contributed by atoms with Gasteiger partial charge in [0, 0.05) is 55.7 Å². The first-order valence-electron chi connectivity index (χ1n) is 15.5. The molecular weight excluding hydrogens is 646 g/mol. The Balaban J connectivity index is 1.37. The highest BCUT2D eigenvalue weighted by Gasteiger charge is 2.61. The van der Waals surface area contributed by atoms with Gasteiger partial charge < -0.3 is 19.3 Å². The third-order valence-electron chi connectivity index (χ3n) is 8.50. The highest BCUT2D eigenvalue weighted by atomic mass is 32.2. The van der Waals surface area contributed by atoms with E-state index >= 15 is 4.79 Å². The van der Waals surface area contributed by atoms with Gasteiger partial charge in [0.05, 0.1) is 35.0 Å². The lowest BCUT2D eigenvalue weighted by atomic mass is 9.85. The molecule has 0 spiro atoms. The van der Waals surface area contributed by atoms with Crippen LogP contribution in [0.2, 0.25) is 0 Å². The highest BCUT2D eigenvalue weighted by molar-refractivity contribution is 7.93. The van der Waals surface area contributed by atoms with Crippen LogP contribution >= 0.6 is 0 Å². The zero-order chi connectivity index (χ0) is 34.2. The molecule has 13 nitrogen and oxygen atoms in total. The molecule has 0 saturated carbocycles. The number of carbonyl (C=O) groups excluding carboxylic acids is 2. The number of fused-ring (bicyclic) bond motifs is 2. The van der Waals surface area contributed by atoms with E-state index in [1.54, 1.807) is 73.9 Å². The van der Waals surface area contributed by atoms with Crippen molar-refractivity contribution >= 4 is 44.6 Å². The zero-order valence-electron chi connectivity index (χ0n) is 26.3. The molecule has 1 unspecified atom stereocenters. The van der Waals surface area contributed by atoms with E-state index in [4.69, 9.17) is 9.47 Å². The molecule has 1 fully saturated rings. The molecular formula is C35H29N7O6S. The first-order valence-corrected chi connectivity index (χ1v) is 16.9. The molecule has 0 bridgehead atoms. The lowest BCUT2D eigenvalue weighted by molar-refractivity contribution is -0.132. The van der Waals surface area contributed by atoms with Crippen molar-refractivity contribution in [3.63, 3.8) is 0 Å². The number of nitrogens with zero attached hydrogens (tertiary/aromatic N) is 7. The van der Waals surface area contributed by atoms with Crippen LogP contribution in [0.3, 0.4) is 0 Å². The summed E-state index contributed by atoms with van der Waals surface area (Å²) in [5, 5.41) is 10.5. The Morgan fingerprint density at radius 1 is 0.898 bits per heavy atom. The van der Waals surface area contributed by atoms with Gasteiger partial charge in [0.25, 0.3) is 15.9 Å². The number of hydrogen-bond acceptors (Lipinski definition) is 11. The second-order valence-electron chi connectivity index (χ2n) is 11.3. The zero-order valence-corrected chi connectivity index (χ0v) is 27.1. The average molecular weight is 676 g/mol. The number of sulfonamides is 1. The number of anilines is 2. The number of hydrogen-bond donors (Lipinski definition) is 0. The minimum absolute atomic E-state index is 0.00476. The molecule has 0 N–H and O–H groups in total. The van der Waals surface area contributed by atoms with E-state index in [1.807, 2.05) is 4.90 Å². The van der Waals surface area contributed by atoms with Crippen molar-refractivity contribution in [3.8, 4) is 11.8 Å². The predicted octanol–water partition coefficient (Wildman–Crippen LogP) is 4.23. The standard InChI is InChI=1S/C35H29N7O6S/c1-2-47-29-11-4-3-10-26(29)35(48-34(44)41-20-18-40(19-21-41)33-38-16-7-17-39-33)27-22-24(23-36)13-14-28(27)42(32(35)43)49(45,46)30-12-5-8-25-9-6-15-37-31(25)30/h3-17,22H,2,18-21H2,1H3. The van der Waals surface area contributed by atoms with E-state index in [0.29, 0.717) is 28.7 Å². The highest BCUT2D eigenvalue weighted by Crippen LogP contribution is 2.52. The summed E-state index contributed by atoms with van der Waals surface area (Å²) in [6.07, 6.45) is 3.88. The largest absolute Gasteiger partial charge is 0.493 e. The van der Waals surface area contributed by atoms with Crippen LogP contribution < -0.4 is 13.9 Å². The molecule has 49 heavy (non-hydrogen) atoms. The van der Waals surface area contributed by atoms with E-state index in [2.05, 4.69) is 21.0 Å². The number of piperazine rings is 1. The number of para-hydroxylation sites is 2. The van der Waals surface area contributed by atoms with Crippen molar-refractivity contribution < 1.29 is 27.5 Å². The summed E-state index contributed by atoms with van der Waals surface area (Å²) in [4.78, 5) is 45.3. The summed E-state index contributed by atoms with van der Waals surface area (Å²) >= 11 is 0. The number of aromatic nitrogens is 3. The van der Waals surface area contributed by atoms with Crippen molar-refractivity contribution in [2.75, 3.05) is 42.0 Å². The van der Waals surface area contributed by atoms with Gasteiger partial charge >= 0.3 is 6.09 Å². The van der Waals surface area contributed by atoms with E-state index in [0.717, 1.165) is 0 Å². The lowest BCUT2D eigenvalue weighted by Crippen LogP contribution is -2.53. The normalized spacial score (nSPS) is 17.5. The third kappa shape index (κ3) is 5.24. The van der Waals surface area contributed by atoms with E-state index in [1.165, 1.54) is 35.4 Å². The van der Waals surface area contributed by atoms with Crippen LogP contribution in [0, 0.1) is 11.3 Å². The Morgan fingerprint density at radius 2 is 1.63 bits per heavy atom. The van der Waals surface area contributed by atoms with E-state index < -0.39 is 27.6 Å². The molecule has 2 aliphatic heterocycles. The molecule has 0 aliphatic carbocycles. The number of carbonyl (C=O) groups is 2. The Hall–Kier alpha value is -6.07. The van der Waals surface area contributed by atoms with Crippen molar-refractivity contribution in [2.24, 2.45) is 0 Å². The molecule has 2 aliphatic rings. The van der Waals surface area contributed by atoms with Gasteiger partial charge in [-0.2, -0.15) is 9.57 Å². The van der Waals surface area contributed by atoms with Gasteiger partial charge in [0.15, 0.2) is 0 Å². The van der Waals surface area contributed by atoms with Crippen LogP contribution in [0.25, 0.3) is 10.9 Å². The fraction of sp³-hybridized carbons (Fsp3) is 0.200. The van der Waals surface area contributed by atoms with Crippen molar-refractivity contribution in [3.05, 3.63) is 114 Å². The van der Waals surface area contributed by atoms with Crippen molar-refractivity contribution in [1.82, 2.24) is 19.9 Å². The first-order chi connectivity index (χ1) is 23.8. The molecule has 7 rings (SSSR count). The van der Waals surface area contributed by atoms with Gasteiger partial charge in [0.2, 0.25) is 11.5 Å². The molecule has 3 aromatic carbocycles. The number of amides is 2. The number of rotatable bonds is 7. The minimum Gasteiger partial charge on any atom is -0.493 e. The summed E-state index contributed by atoms with van der Waals surface area (Å²) in [5.74, 6) is -0.343. The molecule has 14 heteroatoms. The van der Waals surface area contributed by atoms with Gasteiger partial charge in [0.1, 0.15) is 10.6 Å². The van der Waals surface area contributed by atoms with Crippen LogP contribution in [0.4, 0.5) is 16.4 Å². The second-order valence-corrected chi connectivity index (χ2v) is 13.0. The van der Waals surface area contributed by atoms with E-state index in [-0.39, 0.29) is 58.2 Å². The quantitative estimate of drug-likeness (QED) is 0.243. The summed E-state index contributed by atoms with van der Waals surface area (Å²) in [5.41, 5.74) is -2.01. The topological polar surface area (TPSA) is 159 Å². The molecule has 2 aromatic heterocycles. The van der Waals surface area contributed by atoms with Crippen LogP contribution in [0.1, 0.15) is 23.6 Å². The lowest BCUT2D eigenvalue weighted by Gasteiger charge is -2.37. The summed E-state index contributed by atoms with van der Waals surface area (Å²) in [7, 11) is -4.68. The number of benzene rings is 3. The summed E-state index contributed by atoms with van der Waals surface area (Å²) in [6, 6.07) is 22.5. The number of pyridine rings is 1. The smallest absolute Gasteiger partial charge is 0.411 e. The Labute approximate surface area is 282 Å². The number of ether oxygens (including phenoxy) is 2. The van der Waals surface area contributed by atoms with Crippen molar-refractivity contribution in [1.29, 1.82) is 5.26 Å². The van der Waals surface area contributed by atoms with Gasteiger partial charge in [-0.05, 0) is 49.4 Å². The van der Waals surface area contributed by atoms with E-state index in [9.17, 15) is 18.5 Å². The monoisotopic (exact) mass is 675 g/mol. The van der Waals surface area contributed by atoms with Gasteiger partial charge in [-0.25, -0.2) is 23.2 Å². The van der Waals surface area contributed by atoms with Crippen molar-refractivity contribution in [2.45, 2.75) is 17.4 Å². The van der Waals surface area contributed by atoms with Crippen LogP contribution in [0.15, 0.2) is 102 Å². The minimum atomic E-state index is -4.68. The maximum Gasteiger partial charge on any atom is 0.411 e. The fourth-order valence-electron chi connectivity index (χ4n) is 6.25. The maximum atomic E-state index is 15.1. The molecule has 1 saturated heterocycles. The van der Waals surface area contributed by atoms with Crippen LogP contribution in [-0.2, 0) is 25.2 Å². The molecule has 1 atom stereocenters. The molecule has 2 amide bonds. The molecule has 0 radical (unpaired) electrons. The predicted molar refractivity (Wildman–Crippen MR) is 178 cm³/mol. The van der Waals surface area contributed by atoms with Gasteiger partial charge in [-0.3, -0.25) is 9.78 Å². The Morgan fingerprint density at radius 3 is 2.39 bits per heavy atom. The summed E-state index contributed by atoms with van der Waals surface area (Å²) < 4.78 is 42.2.